The Morgan fingerprint density at radius 3 is 2.07 bits per heavy atom. The van der Waals surface area contributed by atoms with E-state index >= 15 is 0 Å². The predicted molar refractivity (Wildman–Crippen MR) is 110 cm³/mol. The fourth-order valence-corrected chi connectivity index (χ4v) is 3.21. The van der Waals surface area contributed by atoms with Crippen molar-refractivity contribution in [3.8, 4) is 39.6 Å². The van der Waals surface area contributed by atoms with E-state index in [1.165, 1.54) is 11.1 Å². The zero-order valence-electron chi connectivity index (χ0n) is 15.1. The van der Waals surface area contributed by atoms with Crippen LogP contribution in [0.2, 0.25) is 0 Å². The number of rotatable bonds is 3. The minimum absolute atomic E-state index is 0.656. The van der Waals surface area contributed by atoms with E-state index in [-0.39, 0.29) is 0 Å². The molecule has 0 fully saturated rings. The van der Waals surface area contributed by atoms with Crippen LogP contribution in [-0.4, -0.2) is 4.98 Å². The molecule has 1 heterocycles. The summed E-state index contributed by atoms with van der Waals surface area (Å²) >= 11 is 0. The molecule has 4 aromatic rings. The normalized spacial score (nSPS) is 10.4. The third-order valence-electron chi connectivity index (χ3n) is 4.65. The molecule has 3 aromatic carbocycles. The Balaban J connectivity index is 1.71. The summed E-state index contributed by atoms with van der Waals surface area (Å²) in [6, 6.07) is 30.9. The summed E-state index contributed by atoms with van der Waals surface area (Å²) in [7, 11) is 0. The van der Waals surface area contributed by atoms with Crippen LogP contribution in [0.3, 0.4) is 0 Å². The maximum Gasteiger partial charge on any atom is 0.0998 e. The summed E-state index contributed by atoms with van der Waals surface area (Å²) in [6.07, 6.45) is 1.80. The van der Waals surface area contributed by atoms with Crippen molar-refractivity contribution in [2.24, 2.45) is 0 Å². The van der Waals surface area contributed by atoms with Gasteiger partial charge < -0.3 is 0 Å². The first-order valence-corrected chi connectivity index (χ1v) is 8.87. The molecular weight excluding hydrogens is 328 g/mol. The summed E-state index contributed by atoms with van der Waals surface area (Å²) in [4.78, 5) is 4.42. The summed E-state index contributed by atoms with van der Waals surface area (Å²) in [5, 5.41) is 9.67. The molecule has 27 heavy (non-hydrogen) atoms. The van der Waals surface area contributed by atoms with E-state index in [9.17, 15) is 5.26 Å². The molecule has 0 spiro atoms. The highest BCUT2D eigenvalue weighted by molar-refractivity contribution is 5.77. The molecular formula is C25H18N2. The van der Waals surface area contributed by atoms with Crippen molar-refractivity contribution in [2.45, 2.75) is 6.92 Å². The van der Waals surface area contributed by atoms with Crippen LogP contribution in [0.5, 0.6) is 0 Å². The number of pyridine rings is 1. The van der Waals surface area contributed by atoms with Gasteiger partial charge in [0.05, 0.1) is 17.3 Å². The molecule has 128 valence electrons. The van der Waals surface area contributed by atoms with Crippen LogP contribution in [0.1, 0.15) is 11.1 Å². The number of hydrogen-bond donors (Lipinski definition) is 0. The Morgan fingerprint density at radius 2 is 1.37 bits per heavy atom. The van der Waals surface area contributed by atoms with E-state index in [0.717, 1.165) is 27.9 Å². The van der Waals surface area contributed by atoms with E-state index in [0.29, 0.717) is 5.56 Å². The first-order valence-electron chi connectivity index (χ1n) is 8.87. The number of benzene rings is 3. The van der Waals surface area contributed by atoms with Crippen molar-refractivity contribution in [1.29, 1.82) is 5.26 Å². The number of nitriles is 1. The Hall–Kier alpha value is -3.70. The minimum Gasteiger partial charge on any atom is -0.256 e. The summed E-state index contributed by atoms with van der Waals surface area (Å²) < 4.78 is 0. The highest BCUT2D eigenvalue weighted by Gasteiger charge is 2.09. The van der Waals surface area contributed by atoms with Gasteiger partial charge in [0, 0.05) is 11.8 Å². The maximum atomic E-state index is 9.67. The van der Waals surface area contributed by atoms with E-state index in [1.807, 2.05) is 55.5 Å². The molecule has 0 saturated heterocycles. The number of nitrogens with zero attached hydrogens (tertiary/aromatic N) is 2. The van der Waals surface area contributed by atoms with Gasteiger partial charge >= 0.3 is 0 Å². The second-order valence-corrected chi connectivity index (χ2v) is 6.53. The molecule has 4 rings (SSSR count). The van der Waals surface area contributed by atoms with Gasteiger partial charge in [0.15, 0.2) is 0 Å². The van der Waals surface area contributed by atoms with Gasteiger partial charge in [0.25, 0.3) is 0 Å². The average Bonchev–Trinajstić information content (AvgIpc) is 2.74. The van der Waals surface area contributed by atoms with Gasteiger partial charge in [0.1, 0.15) is 0 Å². The van der Waals surface area contributed by atoms with Gasteiger partial charge in [-0.25, -0.2) is 0 Å². The van der Waals surface area contributed by atoms with Crippen molar-refractivity contribution in [3.63, 3.8) is 0 Å². The van der Waals surface area contributed by atoms with Gasteiger partial charge in [-0.15, -0.1) is 0 Å². The molecule has 0 unspecified atom stereocenters. The average molecular weight is 346 g/mol. The fourth-order valence-electron chi connectivity index (χ4n) is 3.21. The number of aromatic nitrogens is 1. The van der Waals surface area contributed by atoms with E-state index in [2.05, 4.69) is 47.5 Å². The molecule has 0 saturated carbocycles. The largest absolute Gasteiger partial charge is 0.256 e. The zero-order chi connectivity index (χ0) is 18.6. The molecule has 0 aliphatic heterocycles. The number of aryl methyl sites for hydroxylation is 1. The molecule has 0 aliphatic carbocycles. The van der Waals surface area contributed by atoms with Crippen molar-refractivity contribution in [1.82, 2.24) is 4.98 Å². The summed E-state index contributed by atoms with van der Waals surface area (Å²) in [6.45, 7) is 2.04. The first-order chi connectivity index (χ1) is 13.2. The van der Waals surface area contributed by atoms with Crippen molar-refractivity contribution in [2.75, 3.05) is 0 Å². The van der Waals surface area contributed by atoms with Gasteiger partial charge in [-0.2, -0.15) is 5.26 Å². The third-order valence-corrected chi connectivity index (χ3v) is 4.65. The van der Waals surface area contributed by atoms with Gasteiger partial charge in [-0.3, -0.25) is 4.98 Å². The van der Waals surface area contributed by atoms with Crippen LogP contribution in [0.4, 0.5) is 0 Å². The smallest absolute Gasteiger partial charge is 0.0998 e. The second kappa shape index (κ2) is 7.27. The van der Waals surface area contributed by atoms with Crippen molar-refractivity contribution < 1.29 is 0 Å². The topological polar surface area (TPSA) is 36.7 Å². The molecule has 0 radical (unpaired) electrons. The molecule has 0 amide bonds. The SMILES string of the molecule is Cc1ccnc(-c2ccc(-c3ccc(-c4ccccc4)cc3)c(C#N)c2)c1. The van der Waals surface area contributed by atoms with Crippen LogP contribution < -0.4 is 0 Å². The minimum atomic E-state index is 0.656. The summed E-state index contributed by atoms with van der Waals surface area (Å²) in [5.74, 6) is 0. The highest BCUT2D eigenvalue weighted by atomic mass is 14.7. The lowest BCUT2D eigenvalue weighted by atomic mass is 9.95. The third kappa shape index (κ3) is 3.49. The monoisotopic (exact) mass is 346 g/mol. The second-order valence-electron chi connectivity index (χ2n) is 6.53. The molecule has 1 aromatic heterocycles. The van der Waals surface area contributed by atoms with E-state index in [1.54, 1.807) is 6.20 Å². The zero-order valence-corrected chi connectivity index (χ0v) is 15.1. The standard InChI is InChI=1S/C25H18N2/c1-18-13-14-27-25(15-18)22-11-12-24(23(16-22)17-26)21-9-7-20(8-10-21)19-5-3-2-4-6-19/h2-16H,1H3. The highest BCUT2D eigenvalue weighted by Crippen LogP contribution is 2.30. The van der Waals surface area contributed by atoms with Crippen LogP contribution in [0, 0.1) is 18.3 Å². The molecule has 2 nitrogen and oxygen atoms in total. The van der Waals surface area contributed by atoms with Crippen molar-refractivity contribution in [3.05, 3.63) is 102 Å². The van der Waals surface area contributed by atoms with Gasteiger partial charge in [-0.05, 0) is 52.9 Å². The molecule has 0 bridgehead atoms. The molecule has 0 aliphatic rings. The van der Waals surface area contributed by atoms with Crippen LogP contribution in [0.15, 0.2) is 91.1 Å². The van der Waals surface area contributed by atoms with Gasteiger partial charge in [-0.1, -0.05) is 66.7 Å². The Labute approximate surface area is 159 Å². The lowest BCUT2D eigenvalue weighted by molar-refractivity contribution is 1.28. The lowest BCUT2D eigenvalue weighted by Gasteiger charge is -2.09. The first kappa shape index (κ1) is 16.8. The number of hydrogen-bond acceptors (Lipinski definition) is 2. The Kier molecular flexibility index (Phi) is 4.51. The van der Waals surface area contributed by atoms with Crippen LogP contribution in [0.25, 0.3) is 33.5 Å². The molecule has 0 atom stereocenters. The van der Waals surface area contributed by atoms with Crippen LogP contribution in [-0.2, 0) is 0 Å². The Bertz CT molecular complexity index is 1120. The predicted octanol–water partition coefficient (Wildman–Crippen LogP) is 6.26. The van der Waals surface area contributed by atoms with E-state index < -0.39 is 0 Å². The molecule has 2 heteroatoms. The van der Waals surface area contributed by atoms with Crippen LogP contribution >= 0.6 is 0 Å². The fraction of sp³-hybridized carbons (Fsp3) is 0.0400. The Morgan fingerprint density at radius 1 is 0.704 bits per heavy atom. The van der Waals surface area contributed by atoms with Gasteiger partial charge in [0.2, 0.25) is 0 Å². The summed E-state index contributed by atoms with van der Waals surface area (Å²) in [5.41, 5.74) is 7.98. The van der Waals surface area contributed by atoms with Crippen molar-refractivity contribution >= 4 is 0 Å². The quantitative estimate of drug-likeness (QED) is 0.439. The van der Waals surface area contributed by atoms with E-state index in [4.69, 9.17) is 0 Å². The maximum absolute atomic E-state index is 9.67. The lowest BCUT2D eigenvalue weighted by Crippen LogP contribution is -1.89. The molecule has 0 N–H and O–H groups in total.